The summed E-state index contributed by atoms with van der Waals surface area (Å²) in [7, 11) is 0. The molecule has 0 heterocycles. The van der Waals surface area contributed by atoms with E-state index in [-0.39, 0.29) is 0 Å². The third kappa shape index (κ3) is 3.08. The SMILES string of the molecule is C[Se]C(=[Se])N(c1ccccc1)c1ccccc1. The van der Waals surface area contributed by atoms with Crippen molar-refractivity contribution in [3.05, 3.63) is 60.7 Å². The maximum atomic E-state index is 3.19. The Morgan fingerprint density at radius 3 is 1.65 bits per heavy atom. The number of benzene rings is 2. The molecule has 17 heavy (non-hydrogen) atoms. The van der Waals surface area contributed by atoms with E-state index in [4.69, 9.17) is 0 Å². The first kappa shape index (κ1) is 12.6. The Hall–Kier alpha value is -0.851. The average molecular weight is 353 g/mol. The van der Waals surface area contributed by atoms with E-state index in [0.717, 1.165) is 0 Å². The number of hydrogen-bond acceptors (Lipinski definition) is 1. The zero-order valence-electron chi connectivity index (χ0n) is 9.54. The Morgan fingerprint density at radius 1 is 0.882 bits per heavy atom. The van der Waals surface area contributed by atoms with Crippen LogP contribution in [-0.2, 0) is 0 Å². The van der Waals surface area contributed by atoms with Crippen molar-refractivity contribution in [1.29, 1.82) is 0 Å². The van der Waals surface area contributed by atoms with Gasteiger partial charge in [-0.3, -0.25) is 0 Å². The maximum absolute atomic E-state index is 3.19. The monoisotopic (exact) mass is 355 g/mol. The van der Waals surface area contributed by atoms with Gasteiger partial charge in [-0.05, 0) is 0 Å². The summed E-state index contributed by atoms with van der Waals surface area (Å²) in [6.07, 6.45) is 0. The van der Waals surface area contributed by atoms with Gasteiger partial charge in [0.2, 0.25) is 0 Å². The van der Waals surface area contributed by atoms with Gasteiger partial charge in [0.25, 0.3) is 0 Å². The van der Waals surface area contributed by atoms with Crippen molar-refractivity contribution in [3.63, 3.8) is 0 Å². The molecule has 86 valence electrons. The van der Waals surface area contributed by atoms with E-state index in [0.29, 0.717) is 15.0 Å². The van der Waals surface area contributed by atoms with Crippen molar-refractivity contribution < 1.29 is 0 Å². The molecule has 2 aromatic rings. The number of hydrogen-bond donors (Lipinski definition) is 0. The van der Waals surface area contributed by atoms with Gasteiger partial charge in [0, 0.05) is 0 Å². The first-order valence-corrected chi connectivity index (χ1v) is 8.73. The molecular weight excluding hydrogens is 340 g/mol. The molecule has 0 saturated heterocycles. The third-order valence-corrected chi connectivity index (χ3v) is 5.70. The van der Waals surface area contributed by atoms with E-state index in [2.05, 4.69) is 74.8 Å². The van der Waals surface area contributed by atoms with Crippen LogP contribution in [0.5, 0.6) is 0 Å². The molecule has 1 nitrogen and oxygen atoms in total. The first-order chi connectivity index (χ1) is 8.33. The van der Waals surface area contributed by atoms with E-state index < -0.39 is 0 Å². The second-order valence-corrected chi connectivity index (χ2v) is 7.27. The number of rotatable bonds is 4. The minimum absolute atomic E-state index is 0.450. The van der Waals surface area contributed by atoms with Gasteiger partial charge in [-0.1, -0.05) is 0 Å². The molecule has 0 saturated carbocycles. The summed E-state index contributed by atoms with van der Waals surface area (Å²) in [4.78, 5) is 2.28. The molecule has 3 heteroatoms. The molecule has 0 atom stereocenters. The molecule has 0 aliphatic carbocycles. The summed E-state index contributed by atoms with van der Waals surface area (Å²) in [5.41, 5.74) is 2.41. The van der Waals surface area contributed by atoms with Crippen LogP contribution in [0.1, 0.15) is 0 Å². The Bertz CT molecular complexity index is 443. The van der Waals surface area contributed by atoms with Gasteiger partial charge in [0.05, 0.1) is 0 Å². The van der Waals surface area contributed by atoms with E-state index in [1.807, 2.05) is 12.1 Å². The number of para-hydroxylation sites is 2. The quantitative estimate of drug-likeness (QED) is 0.765. The van der Waals surface area contributed by atoms with Crippen LogP contribution in [0, 0.1) is 0 Å². The fourth-order valence-electron chi connectivity index (χ4n) is 1.61. The molecular formula is C14H13NSe2. The van der Waals surface area contributed by atoms with Crippen molar-refractivity contribution in [2.45, 2.75) is 5.82 Å². The molecule has 2 rings (SSSR count). The molecule has 0 N–H and O–H groups in total. The second-order valence-electron chi connectivity index (χ2n) is 3.48. The predicted molar refractivity (Wildman–Crippen MR) is 77.4 cm³/mol. The molecule has 0 aliphatic heterocycles. The van der Waals surface area contributed by atoms with Crippen LogP contribution in [0.15, 0.2) is 60.7 Å². The van der Waals surface area contributed by atoms with Gasteiger partial charge < -0.3 is 0 Å². The van der Waals surface area contributed by atoms with Crippen molar-refractivity contribution in [2.75, 3.05) is 4.90 Å². The van der Waals surface area contributed by atoms with Crippen LogP contribution in [-0.4, -0.2) is 34.0 Å². The summed E-state index contributed by atoms with van der Waals surface area (Å²) in [6.45, 7) is 0. The van der Waals surface area contributed by atoms with Gasteiger partial charge in [-0.15, -0.1) is 0 Å². The van der Waals surface area contributed by atoms with Crippen LogP contribution >= 0.6 is 0 Å². The Kier molecular flexibility index (Phi) is 4.58. The van der Waals surface area contributed by atoms with Gasteiger partial charge in [-0.2, -0.15) is 0 Å². The normalized spacial score (nSPS) is 9.94. The first-order valence-electron chi connectivity index (χ1n) is 5.31. The summed E-state index contributed by atoms with van der Waals surface area (Å²) < 4.78 is 1.29. The van der Waals surface area contributed by atoms with Crippen molar-refractivity contribution in [1.82, 2.24) is 0 Å². The molecule has 0 aliphatic rings. The standard InChI is InChI=1S/C14H13NSe2/c1-17-14(16)15(12-8-4-2-5-9-12)13-10-6-3-7-11-13/h2-11H,1H3. The van der Waals surface area contributed by atoms with Crippen LogP contribution in [0.3, 0.4) is 0 Å². The molecule has 0 bridgehead atoms. The summed E-state index contributed by atoms with van der Waals surface area (Å²) in [5.74, 6) is 2.22. The van der Waals surface area contributed by atoms with E-state index in [1.165, 1.54) is 14.8 Å². The number of nitrogens with zero attached hydrogens (tertiary/aromatic N) is 1. The van der Waals surface area contributed by atoms with Crippen molar-refractivity contribution in [3.8, 4) is 0 Å². The third-order valence-electron chi connectivity index (χ3n) is 2.39. The van der Waals surface area contributed by atoms with Gasteiger partial charge in [-0.25, -0.2) is 0 Å². The van der Waals surface area contributed by atoms with E-state index >= 15 is 0 Å². The van der Waals surface area contributed by atoms with E-state index in [1.54, 1.807) is 0 Å². The van der Waals surface area contributed by atoms with Gasteiger partial charge >= 0.3 is 117 Å². The van der Waals surface area contributed by atoms with Crippen molar-refractivity contribution >= 4 is 45.3 Å². The predicted octanol–water partition coefficient (Wildman–Crippen LogP) is 2.83. The number of anilines is 2. The Morgan fingerprint density at radius 2 is 1.29 bits per heavy atom. The zero-order valence-corrected chi connectivity index (χ0v) is 13.0. The molecule has 2 aromatic carbocycles. The van der Waals surface area contributed by atoms with Crippen LogP contribution in [0.25, 0.3) is 0 Å². The van der Waals surface area contributed by atoms with Crippen LogP contribution in [0.2, 0.25) is 5.82 Å². The fourth-order valence-corrected chi connectivity index (χ4v) is 2.87. The van der Waals surface area contributed by atoms with Crippen LogP contribution in [0.4, 0.5) is 11.4 Å². The molecule has 0 amide bonds. The van der Waals surface area contributed by atoms with E-state index in [9.17, 15) is 0 Å². The molecule has 0 aromatic heterocycles. The second kappa shape index (κ2) is 6.18. The van der Waals surface area contributed by atoms with Crippen LogP contribution < -0.4 is 4.90 Å². The van der Waals surface area contributed by atoms with Gasteiger partial charge in [0.15, 0.2) is 0 Å². The Labute approximate surface area is 116 Å². The topological polar surface area (TPSA) is 3.24 Å². The summed E-state index contributed by atoms with van der Waals surface area (Å²) in [5, 5.41) is 0. The molecule has 0 spiro atoms. The summed E-state index contributed by atoms with van der Waals surface area (Å²) >= 11 is 3.64. The van der Waals surface area contributed by atoms with Crippen molar-refractivity contribution in [2.24, 2.45) is 0 Å². The minimum atomic E-state index is 0.450. The average Bonchev–Trinajstić information content (AvgIpc) is 2.41. The van der Waals surface area contributed by atoms with Gasteiger partial charge in [0.1, 0.15) is 0 Å². The summed E-state index contributed by atoms with van der Waals surface area (Å²) in [6, 6.07) is 20.9. The molecule has 0 radical (unpaired) electrons. The fraction of sp³-hybridized carbons (Fsp3) is 0.0714. The molecule has 0 unspecified atom stereocenters. The molecule has 0 fully saturated rings. The zero-order chi connectivity index (χ0) is 12.1. The Balaban J connectivity index is 2.43.